The van der Waals surface area contributed by atoms with Crippen LogP contribution in [0.4, 0.5) is 0 Å². The summed E-state index contributed by atoms with van der Waals surface area (Å²) in [6.07, 6.45) is 6.02. The fraction of sp³-hybridized carbons (Fsp3) is 0.923. The Hall–Kier alpha value is -0.570. The molecule has 0 aliphatic rings. The standard InChI is InChI=1S/C13H28N2O/c1-5-7-9-13(6-2,12(14)16)10-8-11-15(3)4/h5-11H2,1-4H3,(H2,14,16). The van der Waals surface area contributed by atoms with Crippen LogP contribution in [0.5, 0.6) is 0 Å². The van der Waals surface area contributed by atoms with Gasteiger partial charge in [0.25, 0.3) is 0 Å². The Balaban J connectivity index is 4.33. The highest BCUT2D eigenvalue weighted by molar-refractivity contribution is 5.80. The van der Waals surface area contributed by atoms with Gasteiger partial charge in [-0.25, -0.2) is 0 Å². The summed E-state index contributed by atoms with van der Waals surface area (Å²) in [6.45, 7) is 5.26. The van der Waals surface area contributed by atoms with Crippen LogP contribution < -0.4 is 5.73 Å². The van der Waals surface area contributed by atoms with Crippen LogP contribution in [-0.4, -0.2) is 31.4 Å². The average Bonchev–Trinajstić information content (AvgIpc) is 2.22. The molecule has 0 bridgehead atoms. The maximum atomic E-state index is 11.6. The first-order valence-corrected chi connectivity index (χ1v) is 6.43. The van der Waals surface area contributed by atoms with E-state index in [0.717, 1.165) is 45.1 Å². The van der Waals surface area contributed by atoms with Crippen LogP contribution in [0.3, 0.4) is 0 Å². The van der Waals surface area contributed by atoms with E-state index in [2.05, 4.69) is 32.8 Å². The molecule has 0 aliphatic carbocycles. The van der Waals surface area contributed by atoms with E-state index < -0.39 is 0 Å². The van der Waals surface area contributed by atoms with Crippen LogP contribution in [0.15, 0.2) is 0 Å². The second-order valence-electron chi connectivity index (χ2n) is 5.01. The molecule has 96 valence electrons. The molecule has 0 aromatic rings. The third-order valence-electron chi connectivity index (χ3n) is 3.47. The quantitative estimate of drug-likeness (QED) is 0.658. The van der Waals surface area contributed by atoms with E-state index in [4.69, 9.17) is 5.73 Å². The summed E-state index contributed by atoms with van der Waals surface area (Å²) in [5, 5.41) is 0. The maximum Gasteiger partial charge on any atom is 0.223 e. The minimum Gasteiger partial charge on any atom is -0.369 e. The fourth-order valence-corrected chi connectivity index (χ4v) is 2.15. The van der Waals surface area contributed by atoms with Crippen LogP contribution in [0.1, 0.15) is 52.4 Å². The van der Waals surface area contributed by atoms with Crippen molar-refractivity contribution in [1.29, 1.82) is 0 Å². The first-order valence-electron chi connectivity index (χ1n) is 6.43. The van der Waals surface area contributed by atoms with E-state index in [-0.39, 0.29) is 11.3 Å². The molecule has 0 aliphatic heterocycles. The Kier molecular flexibility index (Phi) is 7.39. The number of carbonyl (C=O) groups excluding carboxylic acids is 1. The number of primary amides is 1. The van der Waals surface area contributed by atoms with Crippen molar-refractivity contribution in [1.82, 2.24) is 4.90 Å². The lowest BCUT2D eigenvalue weighted by atomic mass is 9.75. The molecule has 1 atom stereocenters. The summed E-state index contributed by atoms with van der Waals surface area (Å²) in [5.74, 6) is -0.109. The second kappa shape index (κ2) is 7.66. The Morgan fingerprint density at radius 2 is 1.75 bits per heavy atom. The Bertz CT molecular complexity index is 204. The molecule has 0 spiro atoms. The molecule has 0 radical (unpaired) electrons. The minimum atomic E-state index is -0.258. The van der Waals surface area contributed by atoms with Crippen molar-refractivity contribution in [2.45, 2.75) is 52.4 Å². The molecule has 0 saturated carbocycles. The normalized spacial score (nSPS) is 15.1. The van der Waals surface area contributed by atoms with Gasteiger partial charge < -0.3 is 10.6 Å². The van der Waals surface area contributed by atoms with Crippen molar-refractivity contribution in [2.75, 3.05) is 20.6 Å². The van der Waals surface area contributed by atoms with E-state index in [1.165, 1.54) is 0 Å². The van der Waals surface area contributed by atoms with Gasteiger partial charge in [-0.15, -0.1) is 0 Å². The number of nitrogens with two attached hydrogens (primary N) is 1. The molecule has 0 rings (SSSR count). The molecule has 3 heteroatoms. The lowest BCUT2D eigenvalue weighted by Gasteiger charge is -2.30. The molecule has 0 saturated heterocycles. The molecule has 2 N–H and O–H groups in total. The molecule has 1 unspecified atom stereocenters. The highest BCUT2D eigenvalue weighted by atomic mass is 16.1. The average molecular weight is 228 g/mol. The van der Waals surface area contributed by atoms with Gasteiger partial charge in [-0.2, -0.15) is 0 Å². The van der Waals surface area contributed by atoms with Gasteiger partial charge in [0, 0.05) is 5.41 Å². The summed E-state index contributed by atoms with van der Waals surface area (Å²) >= 11 is 0. The molecule has 3 nitrogen and oxygen atoms in total. The van der Waals surface area contributed by atoms with E-state index >= 15 is 0 Å². The van der Waals surface area contributed by atoms with Gasteiger partial charge in [0.05, 0.1) is 0 Å². The zero-order chi connectivity index (χ0) is 12.6. The van der Waals surface area contributed by atoms with E-state index in [1.807, 2.05) is 0 Å². The largest absolute Gasteiger partial charge is 0.369 e. The molecule has 0 aromatic heterocycles. The first kappa shape index (κ1) is 15.4. The topological polar surface area (TPSA) is 46.3 Å². The van der Waals surface area contributed by atoms with Gasteiger partial charge in [0.1, 0.15) is 0 Å². The van der Waals surface area contributed by atoms with Crippen molar-refractivity contribution >= 4 is 5.91 Å². The van der Waals surface area contributed by atoms with Crippen LogP contribution in [-0.2, 0) is 4.79 Å². The van der Waals surface area contributed by atoms with Crippen LogP contribution in [0, 0.1) is 5.41 Å². The number of hydrogen-bond acceptors (Lipinski definition) is 2. The maximum absolute atomic E-state index is 11.6. The SMILES string of the molecule is CCCCC(CC)(CCCN(C)C)C(N)=O. The van der Waals surface area contributed by atoms with Gasteiger partial charge >= 0.3 is 0 Å². The Labute approximate surface area is 100 Å². The Morgan fingerprint density at radius 1 is 1.19 bits per heavy atom. The number of unbranched alkanes of at least 4 members (excludes halogenated alkanes) is 1. The molecule has 0 aromatic carbocycles. The zero-order valence-electron chi connectivity index (χ0n) is 11.4. The summed E-state index contributed by atoms with van der Waals surface area (Å²) in [6, 6.07) is 0. The van der Waals surface area contributed by atoms with Crippen molar-refractivity contribution in [3.05, 3.63) is 0 Å². The lowest BCUT2D eigenvalue weighted by molar-refractivity contribution is -0.129. The van der Waals surface area contributed by atoms with Gasteiger partial charge in [0.2, 0.25) is 5.91 Å². The summed E-state index contributed by atoms with van der Waals surface area (Å²) in [4.78, 5) is 13.8. The van der Waals surface area contributed by atoms with Gasteiger partial charge in [-0.05, 0) is 46.3 Å². The van der Waals surface area contributed by atoms with Gasteiger partial charge in [-0.1, -0.05) is 26.7 Å². The third-order valence-corrected chi connectivity index (χ3v) is 3.47. The summed E-state index contributed by atoms with van der Waals surface area (Å²) in [7, 11) is 4.12. The smallest absolute Gasteiger partial charge is 0.223 e. The monoisotopic (exact) mass is 228 g/mol. The highest BCUT2D eigenvalue weighted by Crippen LogP contribution is 2.33. The Morgan fingerprint density at radius 3 is 2.12 bits per heavy atom. The molecule has 0 heterocycles. The van der Waals surface area contributed by atoms with E-state index in [0.29, 0.717) is 0 Å². The van der Waals surface area contributed by atoms with Crippen molar-refractivity contribution in [3.8, 4) is 0 Å². The van der Waals surface area contributed by atoms with Gasteiger partial charge in [0.15, 0.2) is 0 Å². The minimum absolute atomic E-state index is 0.109. The predicted octanol–water partition coefficient (Wildman–Crippen LogP) is 2.40. The number of carbonyl (C=O) groups is 1. The number of hydrogen-bond donors (Lipinski definition) is 1. The van der Waals surface area contributed by atoms with E-state index in [9.17, 15) is 4.79 Å². The lowest BCUT2D eigenvalue weighted by Crippen LogP contribution is -2.37. The van der Waals surface area contributed by atoms with Crippen LogP contribution in [0.2, 0.25) is 0 Å². The number of nitrogens with zero attached hydrogens (tertiary/aromatic N) is 1. The van der Waals surface area contributed by atoms with E-state index in [1.54, 1.807) is 0 Å². The second-order valence-corrected chi connectivity index (χ2v) is 5.01. The van der Waals surface area contributed by atoms with Crippen molar-refractivity contribution in [2.24, 2.45) is 11.1 Å². The zero-order valence-corrected chi connectivity index (χ0v) is 11.4. The van der Waals surface area contributed by atoms with Crippen molar-refractivity contribution in [3.63, 3.8) is 0 Å². The third kappa shape index (κ3) is 4.97. The van der Waals surface area contributed by atoms with Crippen molar-refractivity contribution < 1.29 is 4.79 Å². The van der Waals surface area contributed by atoms with Gasteiger partial charge in [-0.3, -0.25) is 4.79 Å². The molecule has 16 heavy (non-hydrogen) atoms. The molecular weight excluding hydrogens is 200 g/mol. The number of amides is 1. The molecule has 1 amide bonds. The molecular formula is C13H28N2O. The predicted molar refractivity (Wildman–Crippen MR) is 69.2 cm³/mol. The van der Waals surface area contributed by atoms with Crippen LogP contribution in [0.25, 0.3) is 0 Å². The molecule has 0 fully saturated rings. The summed E-state index contributed by atoms with van der Waals surface area (Å²) in [5.41, 5.74) is 5.33. The highest BCUT2D eigenvalue weighted by Gasteiger charge is 2.33. The van der Waals surface area contributed by atoms with Crippen LogP contribution >= 0.6 is 0 Å². The summed E-state index contributed by atoms with van der Waals surface area (Å²) < 4.78 is 0. The number of rotatable bonds is 9. The fourth-order valence-electron chi connectivity index (χ4n) is 2.15. The first-order chi connectivity index (χ1) is 7.48.